The molecule has 0 saturated carbocycles. The number of alkyl carbamates (subject to hydrolysis) is 2. The van der Waals surface area contributed by atoms with Crippen LogP contribution in [-0.2, 0) is 25.7 Å². The number of nitrogens with one attached hydrogen (secondary N) is 5. The highest BCUT2D eigenvalue weighted by Gasteiger charge is 2.32. The largest absolute Gasteiger partial charge is 0.449 e. The van der Waals surface area contributed by atoms with Crippen LogP contribution in [0, 0.1) is 5.92 Å². The van der Waals surface area contributed by atoms with E-state index in [1.165, 1.54) is 0 Å². The third kappa shape index (κ3) is 10.4. The second-order valence-corrected chi connectivity index (χ2v) is 12.2. The zero-order valence-electron chi connectivity index (χ0n) is 28.2. The van der Waals surface area contributed by atoms with Gasteiger partial charge in [-0.1, -0.05) is 74.5 Å². The highest BCUT2D eigenvalue weighted by atomic mass is 16.6. The Hall–Kier alpha value is -5.63. The van der Waals surface area contributed by atoms with E-state index in [0.717, 1.165) is 22.3 Å². The van der Waals surface area contributed by atoms with Gasteiger partial charge in [-0.05, 0) is 58.7 Å². The highest BCUT2D eigenvalue weighted by Crippen LogP contribution is 2.44. The topological polar surface area (TPSA) is 216 Å². The fraction of sp³-hybridized carbons (Fsp3) is 0.361. The van der Waals surface area contributed by atoms with Crippen molar-refractivity contribution in [1.82, 2.24) is 21.3 Å². The van der Waals surface area contributed by atoms with Crippen LogP contribution in [0.1, 0.15) is 49.3 Å². The highest BCUT2D eigenvalue weighted by molar-refractivity contribution is 5.98. The summed E-state index contributed by atoms with van der Waals surface area (Å²) < 4.78 is 10.8. The average Bonchev–Trinajstić information content (AvgIpc) is 3.42. The summed E-state index contributed by atoms with van der Waals surface area (Å²) in [4.78, 5) is 62.8. The summed E-state index contributed by atoms with van der Waals surface area (Å²) in [7, 11) is 0. The Balaban J connectivity index is 1.36. The van der Waals surface area contributed by atoms with Gasteiger partial charge in [0, 0.05) is 31.2 Å². The van der Waals surface area contributed by atoms with Crippen LogP contribution in [0.4, 0.5) is 20.1 Å². The molecule has 0 spiro atoms. The maximum Gasteiger partial charge on any atom is 0.407 e. The molecule has 0 heterocycles. The summed E-state index contributed by atoms with van der Waals surface area (Å²) >= 11 is 0. The average molecular weight is 688 g/mol. The first kappa shape index (κ1) is 37.2. The minimum absolute atomic E-state index is 0.0173. The summed E-state index contributed by atoms with van der Waals surface area (Å²) in [5.74, 6) is -1.57. The maximum absolute atomic E-state index is 13.5. The molecular weight excluding hydrogens is 642 g/mol. The van der Waals surface area contributed by atoms with Gasteiger partial charge in [-0.15, -0.1) is 0 Å². The van der Waals surface area contributed by atoms with Crippen LogP contribution in [-0.4, -0.2) is 68.4 Å². The molecular formula is C36H45N7O7. The number of ether oxygens (including phenoxy) is 2. The Morgan fingerprint density at radius 1 is 0.760 bits per heavy atom. The molecule has 6 amide bonds. The van der Waals surface area contributed by atoms with E-state index in [2.05, 4.69) is 26.6 Å². The maximum atomic E-state index is 13.5. The van der Waals surface area contributed by atoms with Crippen molar-refractivity contribution in [3.05, 3.63) is 89.5 Å². The lowest BCUT2D eigenvalue weighted by Crippen LogP contribution is -2.54. The normalized spacial score (nSPS) is 12.9. The van der Waals surface area contributed by atoms with Crippen molar-refractivity contribution < 1.29 is 33.4 Å². The molecule has 0 saturated heterocycles. The third-order valence-electron chi connectivity index (χ3n) is 8.17. The molecule has 0 aromatic heterocycles. The lowest BCUT2D eigenvalue weighted by molar-refractivity contribution is -0.128. The molecule has 1 aliphatic rings. The van der Waals surface area contributed by atoms with Crippen molar-refractivity contribution in [3.8, 4) is 11.1 Å². The number of primary amides is 1. The van der Waals surface area contributed by atoms with E-state index in [9.17, 15) is 24.0 Å². The molecule has 0 bridgehead atoms. The predicted molar refractivity (Wildman–Crippen MR) is 188 cm³/mol. The lowest BCUT2D eigenvalue weighted by Gasteiger charge is -2.25. The number of urea groups is 1. The Kier molecular flexibility index (Phi) is 13.6. The van der Waals surface area contributed by atoms with Gasteiger partial charge in [0.15, 0.2) is 0 Å². The Bertz CT molecular complexity index is 1600. The number of amides is 6. The van der Waals surface area contributed by atoms with Crippen molar-refractivity contribution >= 4 is 35.7 Å². The minimum Gasteiger partial charge on any atom is -0.449 e. The van der Waals surface area contributed by atoms with Crippen molar-refractivity contribution in [3.63, 3.8) is 0 Å². The number of anilines is 1. The van der Waals surface area contributed by atoms with E-state index < -0.39 is 42.1 Å². The smallest absolute Gasteiger partial charge is 0.407 e. The molecule has 50 heavy (non-hydrogen) atoms. The van der Waals surface area contributed by atoms with Gasteiger partial charge in [-0.25, -0.2) is 14.4 Å². The molecule has 266 valence electrons. The summed E-state index contributed by atoms with van der Waals surface area (Å²) in [6.45, 7) is 4.41. The molecule has 3 aromatic rings. The standard InChI is InChI=1S/C36H45N7O7/c1-22(2)31(43-36(48)50-21-29-27-10-5-3-8-25(27)26-9-4-6-11-28(26)29)33(45)42-30(12-7-18-39-34(38)46)32(44)41-24-15-13-23(14-16-24)20-49-35(47)40-19-17-37/h3-6,8-11,13-16,22,29-31H,7,12,17-21,37H2,1-2H3,(H,40,47)(H,41,44)(H,42,45)(H,43,48)(H3,38,39,46)/t30-,31-/m0/s1. The zero-order chi connectivity index (χ0) is 36.0. The Morgan fingerprint density at radius 3 is 2.00 bits per heavy atom. The number of hydrogen-bond donors (Lipinski definition) is 7. The quantitative estimate of drug-likeness (QED) is 0.111. The first-order valence-electron chi connectivity index (χ1n) is 16.5. The molecule has 14 nitrogen and oxygen atoms in total. The molecule has 0 fully saturated rings. The van der Waals surface area contributed by atoms with E-state index >= 15 is 0 Å². The molecule has 14 heteroatoms. The Labute approximate surface area is 291 Å². The molecule has 2 atom stereocenters. The SMILES string of the molecule is CC(C)[C@H](NC(=O)OCC1c2ccccc2-c2ccccc21)C(=O)N[C@@H](CCCNC(N)=O)C(=O)Nc1ccc(COC(=O)NCCN)cc1. The molecule has 0 unspecified atom stereocenters. The monoisotopic (exact) mass is 687 g/mol. The number of hydrogen-bond acceptors (Lipinski definition) is 8. The van der Waals surface area contributed by atoms with Crippen LogP contribution in [0.2, 0.25) is 0 Å². The van der Waals surface area contributed by atoms with Crippen molar-refractivity contribution in [2.75, 3.05) is 31.6 Å². The minimum atomic E-state index is -1.02. The van der Waals surface area contributed by atoms with E-state index in [1.807, 2.05) is 48.5 Å². The summed E-state index contributed by atoms with van der Waals surface area (Å²) in [6.07, 6.45) is -0.855. The van der Waals surface area contributed by atoms with Gasteiger partial charge in [-0.2, -0.15) is 0 Å². The van der Waals surface area contributed by atoms with Crippen molar-refractivity contribution in [2.24, 2.45) is 17.4 Å². The van der Waals surface area contributed by atoms with E-state index in [1.54, 1.807) is 38.1 Å². The lowest BCUT2D eigenvalue weighted by atomic mass is 9.98. The van der Waals surface area contributed by atoms with Crippen molar-refractivity contribution in [1.29, 1.82) is 0 Å². The second kappa shape index (κ2) is 18.2. The predicted octanol–water partition coefficient (Wildman–Crippen LogP) is 3.31. The number of carbonyl (C=O) groups excluding carboxylic acids is 5. The summed E-state index contributed by atoms with van der Waals surface area (Å²) in [5.41, 5.74) is 16.0. The number of benzene rings is 3. The molecule has 4 rings (SSSR count). The van der Waals surface area contributed by atoms with E-state index in [4.69, 9.17) is 20.9 Å². The van der Waals surface area contributed by atoms with Gasteiger partial charge < -0.3 is 47.5 Å². The van der Waals surface area contributed by atoms with Crippen LogP contribution >= 0.6 is 0 Å². The van der Waals surface area contributed by atoms with Crippen LogP contribution in [0.15, 0.2) is 72.8 Å². The van der Waals surface area contributed by atoms with Gasteiger partial charge in [0.05, 0.1) is 0 Å². The van der Waals surface area contributed by atoms with Crippen LogP contribution in [0.25, 0.3) is 11.1 Å². The molecule has 9 N–H and O–H groups in total. The van der Waals surface area contributed by atoms with Crippen LogP contribution in [0.3, 0.4) is 0 Å². The number of nitrogens with two attached hydrogens (primary N) is 2. The Morgan fingerprint density at radius 2 is 1.40 bits per heavy atom. The van der Waals surface area contributed by atoms with Gasteiger partial charge in [0.2, 0.25) is 11.8 Å². The first-order valence-corrected chi connectivity index (χ1v) is 16.5. The number of carbonyl (C=O) groups is 5. The van der Waals surface area contributed by atoms with Gasteiger partial charge in [0.1, 0.15) is 25.3 Å². The second-order valence-electron chi connectivity index (χ2n) is 12.2. The van der Waals surface area contributed by atoms with Crippen LogP contribution in [0.5, 0.6) is 0 Å². The van der Waals surface area contributed by atoms with Gasteiger partial charge >= 0.3 is 18.2 Å². The van der Waals surface area contributed by atoms with E-state index in [0.29, 0.717) is 30.8 Å². The molecule has 0 radical (unpaired) electrons. The fourth-order valence-electron chi connectivity index (χ4n) is 5.64. The van der Waals surface area contributed by atoms with Gasteiger partial charge in [0.25, 0.3) is 0 Å². The fourth-order valence-corrected chi connectivity index (χ4v) is 5.64. The summed E-state index contributed by atoms with van der Waals surface area (Å²) in [5, 5.41) is 13.2. The zero-order valence-corrected chi connectivity index (χ0v) is 28.2. The summed E-state index contributed by atoms with van der Waals surface area (Å²) in [6, 6.07) is 19.9. The van der Waals surface area contributed by atoms with Gasteiger partial charge in [-0.3, -0.25) is 9.59 Å². The number of rotatable bonds is 16. The molecule has 1 aliphatic carbocycles. The van der Waals surface area contributed by atoms with E-state index in [-0.39, 0.29) is 38.0 Å². The van der Waals surface area contributed by atoms with Crippen LogP contribution < -0.4 is 38.1 Å². The van der Waals surface area contributed by atoms with Crippen molar-refractivity contribution in [2.45, 2.75) is 51.3 Å². The number of fused-ring (bicyclic) bond motifs is 3. The molecule has 3 aromatic carbocycles. The first-order chi connectivity index (χ1) is 24.1. The third-order valence-corrected chi connectivity index (χ3v) is 8.17. The molecule has 0 aliphatic heterocycles.